The highest BCUT2D eigenvalue weighted by molar-refractivity contribution is 7.12. The summed E-state index contributed by atoms with van der Waals surface area (Å²) >= 11 is 1.44. The van der Waals surface area contributed by atoms with Crippen molar-refractivity contribution in [2.75, 3.05) is 45.8 Å². The number of carbonyl (C=O) groups is 2. The van der Waals surface area contributed by atoms with Crippen molar-refractivity contribution in [3.63, 3.8) is 0 Å². The molecule has 0 aromatic carbocycles. The molecule has 0 spiro atoms. The molecule has 2 aliphatic rings. The average molecular weight is 387 g/mol. The maximum atomic E-state index is 12.5. The van der Waals surface area contributed by atoms with Gasteiger partial charge < -0.3 is 20.4 Å². The van der Waals surface area contributed by atoms with Crippen molar-refractivity contribution in [3.05, 3.63) is 22.4 Å². The summed E-state index contributed by atoms with van der Waals surface area (Å²) in [5, 5.41) is 8.26. The van der Waals surface area contributed by atoms with Crippen LogP contribution in [0.1, 0.15) is 28.9 Å². The van der Waals surface area contributed by atoms with Gasteiger partial charge in [-0.1, -0.05) is 6.07 Å². The van der Waals surface area contributed by atoms with E-state index in [2.05, 4.69) is 15.5 Å². The van der Waals surface area contributed by atoms with Crippen molar-refractivity contribution >= 4 is 35.6 Å². The summed E-state index contributed by atoms with van der Waals surface area (Å²) in [5.41, 5.74) is 0. The van der Waals surface area contributed by atoms with Gasteiger partial charge in [0.2, 0.25) is 5.91 Å². The molecule has 1 atom stereocenters. The molecule has 2 amide bonds. The number of hydrogen-bond acceptors (Lipinski definition) is 5. The number of thiophene rings is 1. The van der Waals surface area contributed by atoms with Gasteiger partial charge >= 0.3 is 0 Å². The van der Waals surface area contributed by atoms with Crippen LogP contribution in [0.4, 0.5) is 0 Å². The maximum absolute atomic E-state index is 12.5. The van der Waals surface area contributed by atoms with Crippen molar-refractivity contribution in [3.8, 4) is 0 Å². The molecule has 0 aliphatic carbocycles. The molecule has 140 valence electrons. The number of likely N-dealkylation sites (tertiary alicyclic amines) is 1. The molecule has 6 nitrogen and oxygen atoms in total. The Morgan fingerprint density at radius 2 is 2.08 bits per heavy atom. The van der Waals surface area contributed by atoms with Crippen LogP contribution in [0.5, 0.6) is 0 Å². The summed E-state index contributed by atoms with van der Waals surface area (Å²) in [4.78, 5) is 29.8. The third kappa shape index (κ3) is 5.41. The lowest BCUT2D eigenvalue weighted by Gasteiger charge is -2.27. The molecule has 3 heterocycles. The van der Waals surface area contributed by atoms with E-state index in [1.165, 1.54) is 11.3 Å². The summed E-state index contributed by atoms with van der Waals surface area (Å²) in [6.45, 7) is 6.64. The Bertz CT molecular complexity index is 549. The number of halogens is 1. The monoisotopic (exact) mass is 386 g/mol. The van der Waals surface area contributed by atoms with E-state index < -0.39 is 0 Å². The minimum atomic E-state index is -0.307. The van der Waals surface area contributed by atoms with Crippen LogP contribution in [-0.2, 0) is 4.79 Å². The predicted octanol–water partition coefficient (Wildman–Crippen LogP) is 1.19. The summed E-state index contributed by atoms with van der Waals surface area (Å²) < 4.78 is 0. The van der Waals surface area contributed by atoms with Gasteiger partial charge in [0.1, 0.15) is 6.04 Å². The van der Waals surface area contributed by atoms with Crippen LogP contribution in [0.15, 0.2) is 17.5 Å². The zero-order valence-electron chi connectivity index (χ0n) is 14.4. The van der Waals surface area contributed by atoms with E-state index in [-0.39, 0.29) is 30.3 Å². The Morgan fingerprint density at radius 1 is 1.28 bits per heavy atom. The number of rotatable bonds is 6. The van der Waals surface area contributed by atoms with Crippen molar-refractivity contribution in [1.82, 2.24) is 20.4 Å². The zero-order valence-corrected chi connectivity index (χ0v) is 16.0. The Kier molecular flexibility index (Phi) is 8.15. The van der Waals surface area contributed by atoms with Gasteiger partial charge in [-0.2, -0.15) is 0 Å². The number of carbonyl (C=O) groups excluding carboxylic acids is 2. The van der Waals surface area contributed by atoms with Crippen LogP contribution in [0.2, 0.25) is 0 Å². The Balaban J connectivity index is 0.00000225. The molecule has 2 aliphatic heterocycles. The van der Waals surface area contributed by atoms with Gasteiger partial charge in [0.05, 0.1) is 4.88 Å². The van der Waals surface area contributed by atoms with E-state index >= 15 is 0 Å². The first-order chi connectivity index (χ1) is 11.8. The first-order valence-corrected chi connectivity index (χ1v) is 9.69. The highest BCUT2D eigenvalue weighted by Crippen LogP contribution is 2.22. The largest absolute Gasteiger partial charge is 0.354 e. The predicted molar refractivity (Wildman–Crippen MR) is 103 cm³/mol. The van der Waals surface area contributed by atoms with Gasteiger partial charge in [-0.25, -0.2) is 0 Å². The number of amides is 2. The smallest absolute Gasteiger partial charge is 0.264 e. The second-order valence-corrected chi connectivity index (χ2v) is 7.32. The summed E-state index contributed by atoms with van der Waals surface area (Å²) in [6.07, 6.45) is 2.62. The quantitative estimate of drug-likeness (QED) is 0.721. The van der Waals surface area contributed by atoms with E-state index in [0.717, 1.165) is 52.0 Å². The number of hydrogen-bond donors (Lipinski definition) is 2. The standard InChI is InChI=1S/C17H26N4O2S.ClH/c22-16(19-6-3-9-20-11-7-18-8-12-20)14-4-1-10-21(14)17(23)15-5-2-13-24-15;/h2,5,13-14,18H,1,3-4,6-12H2,(H,19,22);1H. The van der Waals surface area contributed by atoms with Gasteiger partial charge in [0, 0.05) is 39.3 Å². The third-order valence-corrected chi connectivity index (χ3v) is 5.57. The summed E-state index contributed by atoms with van der Waals surface area (Å²) in [6, 6.07) is 3.39. The van der Waals surface area contributed by atoms with E-state index in [0.29, 0.717) is 18.0 Å². The SMILES string of the molecule is Cl.O=C(NCCCN1CCNCC1)C1CCCN1C(=O)c1cccs1. The molecule has 0 saturated carbocycles. The van der Waals surface area contributed by atoms with Crippen molar-refractivity contribution in [2.45, 2.75) is 25.3 Å². The Morgan fingerprint density at radius 3 is 2.80 bits per heavy atom. The molecule has 25 heavy (non-hydrogen) atoms. The first kappa shape index (κ1) is 20.2. The molecule has 8 heteroatoms. The van der Waals surface area contributed by atoms with E-state index in [4.69, 9.17) is 0 Å². The van der Waals surface area contributed by atoms with Gasteiger partial charge in [-0.05, 0) is 37.3 Å². The number of nitrogens with zero attached hydrogens (tertiary/aromatic N) is 2. The van der Waals surface area contributed by atoms with Crippen LogP contribution in [0.25, 0.3) is 0 Å². The molecular formula is C17H27ClN4O2S. The van der Waals surface area contributed by atoms with Crippen LogP contribution >= 0.6 is 23.7 Å². The second kappa shape index (κ2) is 10.1. The lowest BCUT2D eigenvalue weighted by Crippen LogP contribution is -2.47. The van der Waals surface area contributed by atoms with Gasteiger partial charge in [0.25, 0.3) is 5.91 Å². The van der Waals surface area contributed by atoms with Crippen molar-refractivity contribution in [1.29, 1.82) is 0 Å². The molecule has 1 aromatic heterocycles. The minimum absolute atomic E-state index is 0. The van der Waals surface area contributed by atoms with E-state index in [9.17, 15) is 9.59 Å². The van der Waals surface area contributed by atoms with Crippen LogP contribution in [-0.4, -0.2) is 73.5 Å². The van der Waals surface area contributed by atoms with E-state index in [1.807, 2.05) is 17.5 Å². The highest BCUT2D eigenvalue weighted by atomic mass is 35.5. The molecular weight excluding hydrogens is 360 g/mol. The van der Waals surface area contributed by atoms with Crippen molar-refractivity contribution < 1.29 is 9.59 Å². The van der Waals surface area contributed by atoms with Gasteiger partial charge in [0.15, 0.2) is 0 Å². The molecule has 2 fully saturated rings. The Hall–Kier alpha value is -1.15. The number of piperazine rings is 1. The maximum Gasteiger partial charge on any atom is 0.264 e. The van der Waals surface area contributed by atoms with Crippen LogP contribution in [0.3, 0.4) is 0 Å². The molecule has 0 bridgehead atoms. The third-order valence-electron chi connectivity index (χ3n) is 4.71. The van der Waals surface area contributed by atoms with Gasteiger partial charge in [-0.15, -0.1) is 23.7 Å². The number of nitrogens with one attached hydrogen (secondary N) is 2. The molecule has 2 N–H and O–H groups in total. The lowest BCUT2D eigenvalue weighted by atomic mass is 10.2. The Labute approximate surface area is 159 Å². The minimum Gasteiger partial charge on any atom is -0.354 e. The molecule has 3 rings (SSSR count). The molecule has 1 aromatic rings. The fourth-order valence-corrected chi connectivity index (χ4v) is 4.07. The summed E-state index contributed by atoms with van der Waals surface area (Å²) in [7, 11) is 0. The van der Waals surface area contributed by atoms with Crippen LogP contribution in [0, 0.1) is 0 Å². The molecule has 1 unspecified atom stereocenters. The normalized spacial score (nSPS) is 21.0. The average Bonchev–Trinajstić information content (AvgIpc) is 3.30. The van der Waals surface area contributed by atoms with Gasteiger partial charge in [-0.3, -0.25) is 9.59 Å². The second-order valence-electron chi connectivity index (χ2n) is 6.37. The topological polar surface area (TPSA) is 64.7 Å². The zero-order chi connectivity index (χ0) is 16.8. The fourth-order valence-electron chi connectivity index (χ4n) is 3.39. The molecule has 2 saturated heterocycles. The van der Waals surface area contributed by atoms with E-state index in [1.54, 1.807) is 4.90 Å². The van der Waals surface area contributed by atoms with Crippen LogP contribution < -0.4 is 10.6 Å². The van der Waals surface area contributed by atoms with Crippen molar-refractivity contribution in [2.24, 2.45) is 0 Å². The highest BCUT2D eigenvalue weighted by Gasteiger charge is 2.34. The first-order valence-electron chi connectivity index (χ1n) is 8.81. The molecule has 0 radical (unpaired) electrons. The fraction of sp³-hybridized carbons (Fsp3) is 0.647. The lowest BCUT2D eigenvalue weighted by molar-refractivity contribution is -0.124. The summed E-state index contributed by atoms with van der Waals surface area (Å²) in [5.74, 6) is -0.0128.